The number of hydrogen-bond acceptors (Lipinski definition) is 4. The fourth-order valence-corrected chi connectivity index (χ4v) is 3.58. The topological polar surface area (TPSA) is 82.0 Å². The van der Waals surface area contributed by atoms with E-state index in [1.807, 2.05) is 0 Å². The molecule has 1 heterocycles. The maximum Gasteiger partial charge on any atom is 0.417 e. The van der Waals surface area contributed by atoms with Gasteiger partial charge < -0.3 is 5.32 Å². The average Bonchev–Trinajstić information content (AvgIpc) is 2.46. The van der Waals surface area contributed by atoms with E-state index in [0.29, 0.717) is 32.0 Å². The molecule has 0 amide bonds. The van der Waals surface area contributed by atoms with Crippen LogP contribution in [0, 0.1) is 11.3 Å². The van der Waals surface area contributed by atoms with Crippen LogP contribution in [-0.4, -0.2) is 27.5 Å². The van der Waals surface area contributed by atoms with E-state index in [4.69, 9.17) is 5.26 Å². The third-order valence-electron chi connectivity index (χ3n) is 3.39. The lowest BCUT2D eigenvalue weighted by molar-refractivity contribution is -0.137. The smallest absolute Gasteiger partial charge is 0.317 e. The summed E-state index contributed by atoms with van der Waals surface area (Å²) in [4.78, 5) is -0.489. The van der Waals surface area contributed by atoms with Gasteiger partial charge in [-0.2, -0.15) is 18.4 Å². The summed E-state index contributed by atoms with van der Waals surface area (Å²) in [7, 11) is -4.05. The highest BCUT2D eigenvalue weighted by Crippen LogP contribution is 2.33. The van der Waals surface area contributed by atoms with Gasteiger partial charge in [0, 0.05) is 6.04 Å². The van der Waals surface area contributed by atoms with Gasteiger partial charge in [-0.05, 0) is 44.1 Å². The van der Waals surface area contributed by atoms with Gasteiger partial charge >= 0.3 is 6.18 Å². The van der Waals surface area contributed by atoms with Crippen LogP contribution in [0.25, 0.3) is 0 Å². The van der Waals surface area contributed by atoms with Crippen molar-refractivity contribution in [2.75, 3.05) is 13.1 Å². The monoisotopic (exact) mass is 369 g/mol. The van der Waals surface area contributed by atoms with Crippen molar-refractivity contribution in [3.8, 4) is 6.07 Å². The molecule has 2 N–H and O–H groups in total. The van der Waals surface area contributed by atoms with Gasteiger partial charge in [-0.3, -0.25) is 0 Å². The van der Waals surface area contributed by atoms with E-state index in [1.54, 1.807) is 0 Å². The van der Waals surface area contributed by atoms with Crippen molar-refractivity contribution in [3.63, 3.8) is 0 Å². The normalized spacial score (nSPS) is 16.4. The Morgan fingerprint density at radius 1 is 1.26 bits per heavy atom. The maximum absolute atomic E-state index is 12.9. The Balaban J connectivity index is 0.00000264. The molecule has 0 radical (unpaired) electrons. The molecule has 1 aliphatic rings. The highest BCUT2D eigenvalue weighted by Gasteiger charge is 2.35. The molecule has 128 valence electrons. The summed E-state index contributed by atoms with van der Waals surface area (Å²) in [5.41, 5.74) is -1.85. The summed E-state index contributed by atoms with van der Waals surface area (Å²) in [6.07, 6.45) is -3.64. The van der Waals surface area contributed by atoms with Crippen LogP contribution in [0.3, 0.4) is 0 Å². The van der Waals surface area contributed by atoms with Crippen molar-refractivity contribution in [2.24, 2.45) is 0 Å². The highest BCUT2D eigenvalue weighted by molar-refractivity contribution is 7.89. The van der Waals surface area contributed by atoms with Crippen LogP contribution in [0.15, 0.2) is 23.1 Å². The van der Waals surface area contributed by atoms with Crippen LogP contribution in [0.2, 0.25) is 0 Å². The van der Waals surface area contributed by atoms with Crippen LogP contribution in [-0.2, 0) is 16.2 Å². The molecule has 1 aromatic carbocycles. The Kier molecular flexibility index (Phi) is 6.41. The van der Waals surface area contributed by atoms with Gasteiger partial charge in [0.1, 0.15) is 0 Å². The van der Waals surface area contributed by atoms with E-state index in [9.17, 15) is 21.6 Å². The zero-order chi connectivity index (χ0) is 16.4. The number of nitrogens with zero attached hydrogens (tertiary/aromatic N) is 1. The van der Waals surface area contributed by atoms with Gasteiger partial charge in [0.15, 0.2) is 0 Å². The van der Waals surface area contributed by atoms with E-state index in [2.05, 4.69) is 10.0 Å². The predicted molar refractivity (Wildman–Crippen MR) is 79.6 cm³/mol. The quantitative estimate of drug-likeness (QED) is 0.854. The van der Waals surface area contributed by atoms with Crippen LogP contribution >= 0.6 is 12.4 Å². The lowest BCUT2D eigenvalue weighted by Gasteiger charge is -2.23. The van der Waals surface area contributed by atoms with E-state index < -0.39 is 32.2 Å². The van der Waals surface area contributed by atoms with Gasteiger partial charge in [0.25, 0.3) is 0 Å². The largest absolute Gasteiger partial charge is 0.417 e. The molecule has 1 aliphatic heterocycles. The number of sulfonamides is 1. The Morgan fingerprint density at radius 3 is 2.39 bits per heavy atom. The molecule has 2 rings (SSSR count). The number of halogens is 4. The first kappa shape index (κ1) is 19.7. The number of piperidine rings is 1. The van der Waals surface area contributed by atoms with E-state index in [-0.39, 0.29) is 18.4 Å². The van der Waals surface area contributed by atoms with Crippen molar-refractivity contribution < 1.29 is 21.6 Å². The minimum Gasteiger partial charge on any atom is -0.317 e. The molecule has 1 fully saturated rings. The standard InChI is InChI=1S/C13H14F3N3O2S.ClH/c14-13(15,16)12-7-11(2-1-9(12)8-17)22(20,21)19-10-3-5-18-6-4-10;/h1-2,7,10,18-19H,3-6H2;1H. The van der Waals surface area contributed by atoms with Crippen LogP contribution < -0.4 is 10.0 Å². The van der Waals surface area contributed by atoms with E-state index >= 15 is 0 Å². The van der Waals surface area contributed by atoms with Gasteiger partial charge in [0.05, 0.1) is 22.1 Å². The summed E-state index contributed by atoms with van der Waals surface area (Å²) >= 11 is 0. The summed E-state index contributed by atoms with van der Waals surface area (Å²) in [6, 6.07) is 3.50. The van der Waals surface area contributed by atoms with Gasteiger partial charge in [-0.25, -0.2) is 13.1 Å². The maximum atomic E-state index is 12.9. The second-order valence-electron chi connectivity index (χ2n) is 4.96. The van der Waals surface area contributed by atoms with Crippen molar-refractivity contribution in [1.29, 1.82) is 5.26 Å². The lowest BCUT2D eigenvalue weighted by Crippen LogP contribution is -2.42. The zero-order valence-electron chi connectivity index (χ0n) is 11.9. The number of rotatable bonds is 3. The fraction of sp³-hybridized carbons (Fsp3) is 0.462. The molecule has 23 heavy (non-hydrogen) atoms. The predicted octanol–water partition coefficient (Wildman–Crippen LogP) is 2.03. The van der Waals surface area contributed by atoms with Crippen molar-refractivity contribution >= 4 is 22.4 Å². The van der Waals surface area contributed by atoms with Crippen molar-refractivity contribution in [3.05, 3.63) is 29.3 Å². The first-order chi connectivity index (χ1) is 10.2. The summed E-state index contributed by atoms with van der Waals surface area (Å²) in [6.45, 7) is 1.29. The Morgan fingerprint density at radius 2 is 1.87 bits per heavy atom. The van der Waals surface area contributed by atoms with E-state index in [0.717, 1.165) is 12.1 Å². The SMILES string of the molecule is Cl.N#Cc1ccc(S(=O)(=O)NC2CCNCC2)cc1C(F)(F)F. The minimum atomic E-state index is -4.79. The molecule has 0 bridgehead atoms. The lowest BCUT2D eigenvalue weighted by atomic mass is 10.1. The molecule has 0 unspecified atom stereocenters. The molecule has 5 nitrogen and oxygen atoms in total. The Hall–Kier alpha value is -1.34. The molecule has 0 aliphatic carbocycles. The van der Waals surface area contributed by atoms with Crippen molar-refractivity contribution in [2.45, 2.75) is 30.0 Å². The summed E-state index contributed by atoms with van der Waals surface area (Å²) in [5, 5.41) is 11.8. The van der Waals surface area contributed by atoms with Crippen LogP contribution in [0.5, 0.6) is 0 Å². The Bertz CT molecular complexity index is 695. The molecule has 0 atom stereocenters. The summed E-state index contributed by atoms with van der Waals surface area (Å²) in [5.74, 6) is 0. The number of alkyl halides is 3. The molecule has 1 saturated heterocycles. The van der Waals surface area contributed by atoms with Crippen LogP contribution in [0.4, 0.5) is 13.2 Å². The minimum absolute atomic E-state index is 0. The van der Waals surface area contributed by atoms with E-state index in [1.165, 1.54) is 6.07 Å². The average molecular weight is 370 g/mol. The molecule has 1 aromatic rings. The molecular weight excluding hydrogens is 355 g/mol. The molecule has 0 spiro atoms. The van der Waals surface area contributed by atoms with Gasteiger partial charge in [0.2, 0.25) is 10.0 Å². The van der Waals surface area contributed by atoms with Crippen LogP contribution in [0.1, 0.15) is 24.0 Å². The number of hydrogen-bond donors (Lipinski definition) is 2. The first-order valence-corrected chi connectivity index (χ1v) is 8.07. The summed E-state index contributed by atoms with van der Waals surface area (Å²) < 4.78 is 65.5. The van der Waals surface area contributed by atoms with Gasteiger partial charge in [-0.15, -0.1) is 12.4 Å². The highest BCUT2D eigenvalue weighted by atomic mass is 35.5. The molecule has 0 saturated carbocycles. The zero-order valence-corrected chi connectivity index (χ0v) is 13.5. The first-order valence-electron chi connectivity index (χ1n) is 6.58. The number of nitriles is 1. The third kappa shape index (κ3) is 4.81. The van der Waals surface area contributed by atoms with Crippen molar-refractivity contribution in [1.82, 2.24) is 10.0 Å². The second kappa shape index (κ2) is 7.49. The van der Waals surface area contributed by atoms with Gasteiger partial charge in [-0.1, -0.05) is 0 Å². The Labute approximate surface area is 138 Å². The number of benzene rings is 1. The molecular formula is C13H15ClF3N3O2S. The second-order valence-corrected chi connectivity index (χ2v) is 6.68. The number of nitrogens with one attached hydrogen (secondary N) is 2. The fourth-order valence-electron chi connectivity index (χ4n) is 2.25. The molecule has 0 aromatic heterocycles. The molecule has 10 heteroatoms. The third-order valence-corrected chi connectivity index (χ3v) is 4.91.